The van der Waals surface area contributed by atoms with Crippen LogP contribution >= 0.6 is 0 Å². The number of hydrogen-bond acceptors (Lipinski definition) is 5. The Hall–Kier alpha value is -1.59. The second-order valence-electron chi connectivity index (χ2n) is 4.27. The van der Waals surface area contributed by atoms with Crippen LogP contribution in [0.25, 0.3) is 0 Å². The van der Waals surface area contributed by atoms with E-state index in [0.29, 0.717) is 12.1 Å². The molecular formula is C13H20N2O3. The van der Waals surface area contributed by atoms with Crippen molar-refractivity contribution in [3.05, 3.63) is 29.8 Å². The maximum absolute atomic E-state index is 11.7. The molecule has 0 heterocycles. The number of ether oxygens (including phenoxy) is 1. The van der Waals surface area contributed by atoms with Gasteiger partial charge in [0.15, 0.2) is 0 Å². The van der Waals surface area contributed by atoms with Crippen LogP contribution in [0.4, 0.5) is 0 Å². The first-order valence-corrected chi connectivity index (χ1v) is 5.80. The van der Waals surface area contributed by atoms with Crippen molar-refractivity contribution >= 4 is 5.97 Å². The first-order chi connectivity index (χ1) is 8.56. The third kappa shape index (κ3) is 4.01. The van der Waals surface area contributed by atoms with Gasteiger partial charge in [-0.25, -0.2) is 4.79 Å². The molecule has 0 radical (unpaired) electrons. The molecule has 100 valence electrons. The molecule has 0 aliphatic rings. The Morgan fingerprint density at radius 1 is 1.44 bits per heavy atom. The van der Waals surface area contributed by atoms with E-state index in [1.165, 1.54) is 7.11 Å². The van der Waals surface area contributed by atoms with Crippen LogP contribution in [0.15, 0.2) is 24.3 Å². The first kappa shape index (κ1) is 14.5. The lowest BCUT2D eigenvalue weighted by Gasteiger charge is -2.19. The highest BCUT2D eigenvalue weighted by molar-refractivity contribution is 5.78. The van der Waals surface area contributed by atoms with Gasteiger partial charge in [0.2, 0.25) is 0 Å². The Bertz CT molecular complexity index is 394. The lowest BCUT2D eigenvalue weighted by atomic mass is 10.1. The van der Waals surface area contributed by atoms with Gasteiger partial charge in [-0.05, 0) is 20.2 Å². The number of esters is 1. The zero-order valence-corrected chi connectivity index (χ0v) is 11.0. The summed E-state index contributed by atoms with van der Waals surface area (Å²) < 4.78 is 4.75. The number of carbonyl (C=O) groups excluding carboxylic acids is 1. The van der Waals surface area contributed by atoms with Crippen molar-refractivity contribution < 1.29 is 14.6 Å². The number of likely N-dealkylation sites (N-methyl/N-ethyl adjacent to an activating group) is 1. The van der Waals surface area contributed by atoms with Gasteiger partial charge in [0.1, 0.15) is 11.8 Å². The standard InChI is InChI=1S/C13H20N2O3/c1-15(2)9-8-14-12(13(17)18-3)10-6-4-5-7-11(10)16/h4-7,12,14,16H,8-9H2,1-3H3. The summed E-state index contributed by atoms with van der Waals surface area (Å²) in [6, 6.07) is 6.11. The summed E-state index contributed by atoms with van der Waals surface area (Å²) in [5.74, 6) is -0.319. The SMILES string of the molecule is COC(=O)C(NCCN(C)C)c1ccccc1O. The van der Waals surface area contributed by atoms with E-state index < -0.39 is 12.0 Å². The fourth-order valence-corrected chi connectivity index (χ4v) is 1.60. The number of nitrogens with zero attached hydrogens (tertiary/aromatic N) is 1. The monoisotopic (exact) mass is 252 g/mol. The van der Waals surface area contributed by atoms with Gasteiger partial charge in [0, 0.05) is 18.7 Å². The number of hydrogen-bond donors (Lipinski definition) is 2. The summed E-state index contributed by atoms with van der Waals surface area (Å²) in [5.41, 5.74) is 0.531. The van der Waals surface area contributed by atoms with Gasteiger partial charge in [-0.2, -0.15) is 0 Å². The van der Waals surface area contributed by atoms with Crippen LogP contribution in [0.1, 0.15) is 11.6 Å². The lowest BCUT2D eigenvalue weighted by Crippen LogP contribution is -2.34. The molecule has 0 fully saturated rings. The molecule has 2 N–H and O–H groups in total. The summed E-state index contributed by atoms with van der Waals surface area (Å²) >= 11 is 0. The molecule has 0 aromatic heterocycles. The second-order valence-corrected chi connectivity index (χ2v) is 4.27. The molecular weight excluding hydrogens is 232 g/mol. The highest BCUT2D eigenvalue weighted by atomic mass is 16.5. The molecule has 0 aliphatic heterocycles. The van der Waals surface area contributed by atoms with Crippen LogP contribution in [0.3, 0.4) is 0 Å². The van der Waals surface area contributed by atoms with Crippen molar-refractivity contribution in [2.45, 2.75) is 6.04 Å². The Labute approximate surface area is 107 Å². The number of methoxy groups -OCH3 is 1. The lowest BCUT2D eigenvalue weighted by molar-refractivity contribution is -0.143. The van der Waals surface area contributed by atoms with Crippen LogP contribution < -0.4 is 5.32 Å². The van der Waals surface area contributed by atoms with Crippen molar-refractivity contribution in [2.24, 2.45) is 0 Å². The van der Waals surface area contributed by atoms with E-state index in [0.717, 1.165) is 6.54 Å². The van der Waals surface area contributed by atoms with Crippen LogP contribution in [0.2, 0.25) is 0 Å². The van der Waals surface area contributed by atoms with Crippen molar-refractivity contribution in [3.8, 4) is 5.75 Å². The van der Waals surface area contributed by atoms with Crippen LogP contribution in [-0.2, 0) is 9.53 Å². The molecule has 1 unspecified atom stereocenters. The Morgan fingerprint density at radius 2 is 2.11 bits per heavy atom. The normalized spacial score (nSPS) is 12.4. The predicted molar refractivity (Wildman–Crippen MR) is 69.4 cm³/mol. The Balaban J connectivity index is 2.79. The van der Waals surface area contributed by atoms with Crippen molar-refractivity contribution in [1.82, 2.24) is 10.2 Å². The molecule has 18 heavy (non-hydrogen) atoms. The molecule has 0 aliphatic carbocycles. The van der Waals surface area contributed by atoms with E-state index >= 15 is 0 Å². The summed E-state index contributed by atoms with van der Waals surface area (Å²) in [4.78, 5) is 13.7. The third-order valence-corrected chi connectivity index (χ3v) is 2.59. The minimum atomic E-state index is -0.642. The van der Waals surface area contributed by atoms with E-state index in [4.69, 9.17) is 4.74 Å². The van der Waals surface area contributed by atoms with Crippen molar-refractivity contribution in [2.75, 3.05) is 34.3 Å². The van der Waals surface area contributed by atoms with E-state index in [2.05, 4.69) is 5.32 Å². The number of para-hydroxylation sites is 1. The largest absolute Gasteiger partial charge is 0.508 e. The van der Waals surface area contributed by atoms with Gasteiger partial charge >= 0.3 is 5.97 Å². The highest BCUT2D eigenvalue weighted by Crippen LogP contribution is 2.24. The zero-order chi connectivity index (χ0) is 13.5. The molecule has 0 saturated heterocycles. The summed E-state index contributed by atoms with van der Waals surface area (Å²) in [6.07, 6.45) is 0. The maximum atomic E-state index is 11.7. The fraction of sp³-hybridized carbons (Fsp3) is 0.462. The molecule has 1 aromatic carbocycles. The summed E-state index contributed by atoms with van der Waals surface area (Å²) in [6.45, 7) is 1.42. The topological polar surface area (TPSA) is 61.8 Å². The van der Waals surface area contributed by atoms with Crippen molar-refractivity contribution in [3.63, 3.8) is 0 Å². The average molecular weight is 252 g/mol. The maximum Gasteiger partial charge on any atom is 0.327 e. The van der Waals surface area contributed by atoms with Gasteiger partial charge < -0.3 is 14.7 Å². The Kier molecular flexibility index (Phi) is 5.61. The van der Waals surface area contributed by atoms with Crippen LogP contribution in [0, 0.1) is 0 Å². The summed E-state index contributed by atoms with van der Waals surface area (Å²) in [7, 11) is 5.24. The number of nitrogens with one attached hydrogen (secondary N) is 1. The van der Waals surface area contributed by atoms with E-state index in [1.54, 1.807) is 24.3 Å². The molecule has 0 bridgehead atoms. The smallest absolute Gasteiger partial charge is 0.327 e. The molecule has 5 nitrogen and oxygen atoms in total. The number of benzene rings is 1. The predicted octanol–water partition coefficient (Wildman–Crippen LogP) is 0.757. The third-order valence-electron chi connectivity index (χ3n) is 2.59. The number of phenolic OH excluding ortho intramolecular Hbond substituents is 1. The second kappa shape index (κ2) is 6.98. The average Bonchev–Trinajstić information content (AvgIpc) is 2.35. The van der Waals surface area contributed by atoms with Gasteiger partial charge in [-0.15, -0.1) is 0 Å². The quantitative estimate of drug-likeness (QED) is 0.732. The molecule has 5 heteroatoms. The minimum absolute atomic E-state index is 0.0882. The minimum Gasteiger partial charge on any atom is -0.508 e. The van der Waals surface area contributed by atoms with Crippen LogP contribution in [0.5, 0.6) is 5.75 Å². The van der Waals surface area contributed by atoms with Gasteiger partial charge in [-0.1, -0.05) is 18.2 Å². The molecule has 1 atom stereocenters. The highest BCUT2D eigenvalue weighted by Gasteiger charge is 2.23. The van der Waals surface area contributed by atoms with E-state index in [1.807, 2.05) is 19.0 Å². The van der Waals surface area contributed by atoms with Gasteiger partial charge in [0.05, 0.1) is 7.11 Å². The number of rotatable bonds is 6. The summed E-state index contributed by atoms with van der Waals surface area (Å²) in [5, 5.41) is 12.9. The van der Waals surface area contributed by atoms with E-state index in [9.17, 15) is 9.90 Å². The molecule has 0 amide bonds. The van der Waals surface area contributed by atoms with Crippen molar-refractivity contribution in [1.29, 1.82) is 0 Å². The van der Waals surface area contributed by atoms with E-state index in [-0.39, 0.29) is 5.75 Å². The fourth-order valence-electron chi connectivity index (χ4n) is 1.60. The molecule has 0 saturated carbocycles. The first-order valence-electron chi connectivity index (χ1n) is 5.80. The number of phenols is 1. The number of carbonyl (C=O) groups is 1. The Morgan fingerprint density at radius 3 is 2.67 bits per heavy atom. The molecule has 0 spiro atoms. The van der Waals surface area contributed by atoms with Crippen LogP contribution in [-0.4, -0.2) is 50.3 Å². The van der Waals surface area contributed by atoms with Gasteiger partial charge in [-0.3, -0.25) is 5.32 Å². The van der Waals surface area contributed by atoms with Gasteiger partial charge in [0.25, 0.3) is 0 Å². The molecule has 1 aromatic rings. The number of aromatic hydroxyl groups is 1. The zero-order valence-electron chi connectivity index (χ0n) is 11.0. The molecule has 1 rings (SSSR count).